The standard InChI is InChI=1S/C10H15NO3/c1-5-3-7(13)9(8(14)4-5)10(11)6(2)12/h3-4,6,10,12-14H,11H2,1-2H3/t6-,10-/m1/s1. The van der Waals surface area contributed by atoms with Crippen LogP contribution in [0.15, 0.2) is 12.1 Å². The maximum Gasteiger partial charge on any atom is 0.124 e. The third kappa shape index (κ3) is 1.97. The van der Waals surface area contributed by atoms with Crippen molar-refractivity contribution in [3.8, 4) is 11.5 Å². The summed E-state index contributed by atoms with van der Waals surface area (Å²) in [6.45, 7) is 3.25. The van der Waals surface area contributed by atoms with E-state index in [-0.39, 0.29) is 17.1 Å². The molecule has 0 aliphatic heterocycles. The van der Waals surface area contributed by atoms with Crippen LogP contribution >= 0.6 is 0 Å². The van der Waals surface area contributed by atoms with E-state index >= 15 is 0 Å². The maximum absolute atomic E-state index is 9.54. The molecule has 0 unspecified atom stereocenters. The molecule has 0 aliphatic carbocycles. The second-order valence-electron chi connectivity index (χ2n) is 3.48. The Bertz CT molecular complexity index is 313. The average Bonchev–Trinajstić information content (AvgIpc) is 2.01. The molecule has 0 saturated carbocycles. The number of aliphatic hydroxyl groups is 1. The molecular weight excluding hydrogens is 182 g/mol. The van der Waals surface area contributed by atoms with Gasteiger partial charge < -0.3 is 21.1 Å². The Kier molecular flexibility index (Phi) is 2.98. The van der Waals surface area contributed by atoms with Crippen LogP contribution in [-0.2, 0) is 0 Å². The fraction of sp³-hybridized carbons (Fsp3) is 0.400. The van der Waals surface area contributed by atoms with E-state index in [1.165, 1.54) is 19.1 Å². The number of aryl methyl sites for hydroxylation is 1. The second kappa shape index (κ2) is 3.86. The first-order chi connectivity index (χ1) is 6.43. The number of phenolic OH excluding ortho intramolecular Hbond substituents is 2. The van der Waals surface area contributed by atoms with Crippen LogP contribution in [0.1, 0.15) is 24.1 Å². The highest BCUT2D eigenvalue weighted by Crippen LogP contribution is 2.34. The Morgan fingerprint density at radius 1 is 1.21 bits per heavy atom. The summed E-state index contributed by atoms with van der Waals surface area (Å²) < 4.78 is 0. The highest BCUT2D eigenvalue weighted by atomic mass is 16.3. The van der Waals surface area contributed by atoms with Gasteiger partial charge in [-0.1, -0.05) is 0 Å². The quantitative estimate of drug-likeness (QED) is 0.564. The number of phenols is 2. The van der Waals surface area contributed by atoms with Gasteiger partial charge in [-0.25, -0.2) is 0 Å². The number of aliphatic hydroxyl groups excluding tert-OH is 1. The monoisotopic (exact) mass is 197 g/mol. The van der Waals surface area contributed by atoms with Crippen molar-refractivity contribution in [2.24, 2.45) is 5.73 Å². The molecule has 1 aromatic rings. The number of hydrogen-bond acceptors (Lipinski definition) is 4. The van der Waals surface area contributed by atoms with Crippen LogP contribution < -0.4 is 5.73 Å². The third-order valence-corrected chi connectivity index (χ3v) is 2.13. The minimum absolute atomic E-state index is 0.0871. The van der Waals surface area contributed by atoms with Crippen molar-refractivity contribution < 1.29 is 15.3 Å². The largest absolute Gasteiger partial charge is 0.507 e. The van der Waals surface area contributed by atoms with Crippen molar-refractivity contribution in [3.05, 3.63) is 23.3 Å². The van der Waals surface area contributed by atoms with E-state index < -0.39 is 12.1 Å². The highest BCUT2D eigenvalue weighted by molar-refractivity contribution is 5.48. The lowest BCUT2D eigenvalue weighted by Gasteiger charge is -2.18. The van der Waals surface area contributed by atoms with Crippen LogP contribution in [-0.4, -0.2) is 21.4 Å². The predicted octanol–water partition coefficient (Wildman–Crippen LogP) is 0.787. The van der Waals surface area contributed by atoms with E-state index in [1.807, 2.05) is 0 Å². The van der Waals surface area contributed by atoms with Crippen molar-refractivity contribution in [2.45, 2.75) is 26.0 Å². The summed E-state index contributed by atoms with van der Waals surface area (Å²) >= 11 is 0. The van der Waals surface area contributed by atoms with Gasteiger partial charge in [0.2, 0.25) is 0 Å². The van der Waals surface area contributed by atoms with Gasteiger partial charge in [-0.05, 0) is 31.5 Å². The molecule has 0 heterocycles. The Morgan fingerprint density at radius 3 is 2.00 bits per heavy atom. The van der Waals surface area contributed by atoms with Gasteiger partial charge in [0, 0.05) is 0 Å². The molecule has 14 heavy (non-hydrogen) atoms. The summed E-state index contributed by atoms with van der Waals surface area (Å²) in [6, 6.07) is 2.21. The van der Waals surface area contributed by atoms with Gasteiger partial charge in [0.15, 0.2) is 0 Å². The zero-order valence-corrected chi connectivity index (χ0v) is 8.23. The molecule has 2 atom stereocenters. The van der Waals surface area contributed by atoms with E-state index in [0.717, 1.165) is 5.56 Å². The Morgan fingerprint density at radius 2 is 1.64 bits per heavy atom. The molecule has 0 bridgehead atoms. The molecule has 5 N–H and O–H groups in total. The van der Waals surface area contributed by atoms with Crippen molar-refractivity contribution in [3.63, 3.8) is 0 Å². The molecule has 0 amide bonds. The van der Waals surface area contributed by atoms with Crippen LogP contribution in [0.4, 0.5) is 0 Å². The highest BCUT2D eigenvalue weighted by Gasteiger charge is 2.20. The minimum Gasteiger partial charge on any atom is -0.507 e. The summed E-state index contributed by atoms with van der Waals surface area (Å²) in [7, 11) is 0. The van der Waals surface area contributed by atoms with Crippen LogP contribution in [0.5, 0.6) is 11.5 Å². The molecule has 0 aromatic heterocycles. The number of aromatic hydroxyl groups is 2. The lowest BCUT2D eigenvalue weighted by Crippen LogP contribution is -2.23. The Labute approximate surface area is 82.6 Å². The topological polar surface area (TPSA) is 86.7 Å². The van der Waals surface area contributed by atoms with Crippen LogP contribution in [0.3, 0.4) is 0 Å². The summed E-state index contributed by atoms with van der Waals surface area (Å²) in [4.78, 5) is 0. The summed E-state index contributed by atoms with van der Waals surface area (Å²) in [5, 5.41) is 28.3. The van der Waals surface area contributed by atoms with E-state index in [2.05, 4.69) is 0 Å². The Hall–Kier alpha value is -1.26. The summed E-state index contributed by atoms with van der Waals surface area (Å²) in [6.07, 6.45) is -0.825. The first kappa shape index (κ1) is 10.8. The van der Waals surface area contributed by atoms with E-state index in [1.54, 1.807) is 6.92 Å². The normalized spacial score (nSPS) is 15.1. The molecule has 78 valence electrons. The molecule has 0 aliphatic rings. The van der Waals surface area contributed by atoms with Crippen molar-refractivity contribution in [2.75, 3.05) is 0 Å². The molecular formula is C10H15NO3. The molecule has 0 saturated heterocycles. The lowest BCUT2D eigenvalue weighted by atomic mass is 9.99. The fourth-order valence-electron chi connectivity index (χ4n) is 1.34. The lowest BCUT2D eigenvalue weighted by molar-refractivity contribution is 0.161. The zero-order valence-electron chi connectivity index (χ0n) is 8.23. The molecule has 0 radical (unpaired) electrons. The van der Waals surface area contributed by atoms with Gasteiger partial charge in [-0.15, -0.1) is 0 Å². The van der Waals surface area contributed by atoms with Crippen molar-refractivity contribution in [1.82, 2.24) is 0 Å². The first-order valence-corrected chi connectivity index (χ1v) is 4.39. The van der Waals surface area contributed by atoms with E-state index in [0.29, 0.717) is 0 Å². The van der Waals surface area contributed by atoms with Crippen LogP contribution in [0.2, 0.25) is 0 Å². The molecule has 0 fully saturated rings. The predicted molar refractivity (Wildman–Crippen MR) is 53.1 cm³/mol. The minimum atomic E-state index is -0.825. The van der Waals surface area contributed by atoms with Gasteiger partial charge >= 0.3 is 0 Å². The van der Waals surface area contributed by atoms with Crippen molar-refractivity contribution >= 4 is 0 Å². The summed E-state index contributed by atoms with van der Waals surface area (Å²) in [5.41, 5.74) is 6.54. The molecule has 1 rings (SSSR count). The van der Waals surface area contributed by atoms with Gasteiger partial charge in [-0.2, -0.15) is 0 Å². The van der Waals surface area contributed by atoms with Crippen LogP contribution in [0, 0.1) is 6.92 Å². The number of nitrogens with two attached hydrogens (primary N) is 1. The third-order valence-electron chi connectivity index (χ3n) is 2.13. The molecule has 0 spiro atoms. The van der Waals surface area contributed by atoms with Gasteiger partial charge in [-0.3, -0.25) is 0 Å². The smallest absolute Gasteiger partial charge is 0.124 e. The average molecular weight is 197 g/mol. The summed E-state index contributed by atoms with van der Waals surface area (Å²) in [5.74, 6) is -0.174. The van der Waals surface area contributed by atoms with Gasteiger partial charge in [0.05, 0.1) is 17.7 Å². The number of rotatable bonds is 2. The number of hydrogen-bond donors (Lipinski definition) is 4. The van der Waals surface area contributed by atoms with Gasteiger partial charge in [0.25, 0.3) is 0 Å². The first-order valence-electron chi connectivity index (χ1n) is 4.39. The molecule has 1 aromatic carbocycles. The van der Waals surface area contributed by atoms with Crippen molar-refractivity contribution in [1.29, 1.82) is 0 Å². The molecule has 4 heteroatoms. The van der Waals surface area contributed by atoms with Gasteiger partial charge in [0.1, 0.15) is 11.5 Å². The Balaban J connectivity index is 3.20. The molecule has 4 nitrogen and oxygen atoms in total. The van der Waals surface area contributed by atoms with E-state index in [4.69, 9.17) is 5.73 Å². The van der Waals surface area contributed by atoms with Crippen LogP contribution in [0.25, 0.3) is 0 Å². The zero-order chi connectivity index (χ0) is 10.9. The number of benzene rings is 1. The second-order valence-corrected chi connectivity index (χ2v) is 3.48. The fourth-order valence-corrected chi connectivity index (χ4v) is 1.34. The SMILES string of the molecule is Cc1cc(O)c([C@H](N)[C@@H](C)O)c(O)c1. The maximum atomic E-state index is 9.54. The van der Waals surface area contributed by atoms with E-state index in [9.17, 15) is 15.3 Å².